The summed E-state index contributed by atoms with van der Waals surface area (Å²) in [4.78, 5) is 2.99. The van der Waals surface area contributed by atoms with Crippen LogP contribution in [0.5, 0.6) is 0 Å². The molecule has 0 aromatic carbocycles. The molecule has 0 spiro atoms. The van der Waals surface area contributed by atoms with Crippen molar-refractivity contribution in [3.8, 4) is 0 Å². The average Bonchev–Trinajstić information content (AvgIpc) is 2.75. The fourth-order valence-corrected chi connectivity index (χ4v) is 4.92. The van der Waals surface area contributed by atoms with E-state index in [0.29, 0.717) is 0 Å². The van der Waals surface area contributed by atoms with Gasteiger partial charge >= 0.3 is 0 Å². The van der Waals surface area contributed by atoms with Gasteiger partial charge in [0.05, 0.1) is 0 Å². The van der Waals surface area contributed by atoms with Crippen molar-refractivity contribution in [1.82, 2.24) is 10.2 Å². The van der Waals surface area contributed by atoms with Crippen molar-refractivity contribution in [2.75, 3.05) is 19.6 Å². The number of nitrogens with one attached hydrogen (secondary N) is 1. The first-order valence-corrected chi connectivity index (χ1v) is 9.31. The Bertz CT molecular complexity index is 277. The summed E-state index contributed by atoms with van der Waals surface area (Å²) in [5.41, 5.74) is 0. The topological polar surface area (TPSA) is 15.3 Å². The van der Waals surface area contributed by atoms with Crippen LogP contribution >= 0.6 is 0 Å². The van der Waals surface area contributed by atoms with E-state index in [1.54, 1.807) is 0 Å². The molecule has 2 nitrogen and oxygen atoms in total. The highest BCUT2D eigenvalue weighted by atomic mass is 15.2. The second-order valence-corrected chi connectivity index (χ2v) is 7.66. The second-order valence-electron chi connectivity index (χ2n) is 7.66. The van der Waals surface area contributed by atoms with Crippen molar-refractivity contribution in [3.63, 3.8) is 0 Å². The van der Waals surface area contributed by atoms with Crippen molar-refractivity contribution >= 4 is 0 Å². The Balaban J connectivity index is 1.66. The molecule has 2 saturated heterocycles. The number of rotatable bonds is 2. The molecule has 1 unspecified atom stereocenters. The lowest BCUT2D eigenvalue weighted by Gasteiger charge is -2.44. The molecule has 1 aliphatic carbocycles. The maximum Gasteiger partial charge on any atom is 0.0127 e. The molecule has 1 atom stereocenters. The average molecular weight is 278 g/mol. The molecule has 2 aliphatic heterocycles. The predicted octanol–water partition coefficient (Wildman–Crippen LogP) is 3.81. The Morgan fingerprint density at radius 1 is 0.800 bits per heavy atom. The van der Waals surface area contributed by atoms with Crippen molar-refractivity contribution in [2.24, 2.45) is 11.8 Å². The van der Waals surface area contributed by atoms with Gasteiger partial charge in [-0.25, -0.2) is 0 Å². The molecule has 0 aromatic rings. The van der Waals surface area contributed by atoms with Gasteiger partial charge in [0.1, 0.15) is 0 Å². The summed E-state index contributed by atoms with van der Waals surface area (Å²) < 4.78 is 0. The quantitative estimate of drug-likeness (QED) is 0.826. The zero-order valence-electron chi connectivity index (χ0n) is 13.4. The summed E-state index contributed by atoms with van der Waals surface area (Å²) in [6, 6.07) is 1.84. The molecule has 0 radical (unpaired) electrons. The second kappa shape index (κ2) is 7.26. The normalized spacial score (nSPS) is 38.5. The fourth-order valence-electron chi connectivity index (χ4n) is 4.92. The molecule has 1 saturated carbocycles. The first-order valence-electron chi connectivity index (χ1n) is 9.31. The van der Waals surface area contributed by atoms with Crippen LogP contribution < -0.4 is 5.32 Å². The van der Waals surface area contributed by atoms with Crippen LogP contribution in [0.1, 0.15) is 71.1 Å². The summed E-state index contributed by atoms with van der Waals surface area (Å²) in [5, 5.41) is 3.55. The van der Waals surface area contributed by atoms with Gasteiger partial charge in [-0.3, -0.25) is 4.90 Å². The van der Waals surface area contributed by atoms with E-state index in [2.05, 4.69) is 17.1 Å². The highest BCUT2D eigenvalue weighted by molar-refractivity contribution is 4.89. The first-order chi connectivity index (χ1) is 9.84. The summed E-state index contributed by atoms with van der Waals surface area (Å²) in [6.45, 7) is 6.37. The molecule has 0 amide bonds. The third-order valence-electron chi connectivity index (χ3n) is 6.22. The number of likely N-dealkylation sites (tertiary alicyclic amines) is 1. The fraction of sp³-hybridized carbons (Fsp3) is 1.00. The molecule has 116 valence electrons. The zero-order valence-corrected chi connectivity index (χ0v) is 13.4. The van der Waals surface area contributed by atoms with E-state index in [0.717, 1.165) is 23.9 Å². The largest absolute Gasteiger partial charge is 0.317 e. The maximum absolute atomic E-state index is 3.55. The van der Waals surface area contributed by atoms with Crippen LogP contribution in [-0.2, 0) is 0 Å². The summed E-state index contributed by atoms with van der Waals surface area (Å²) in [7, 11) is 0. The van der Waals surface area contributed by atoms with Crippen molar-refractivity contribution in [2.45, 2.75) is 83.2 Å². The van der Waals surface area contributed by atoms with Crippen LogP contribution in [0.4, 0.5) is 0 Å². The van der Waals surface area contributed by atoms with Crippen LogP contribution in [0.2, 0.25) is 0 Å². The van der Waals surface area contributed by atoms with E-state index < -0.39 is 0 Å². The highest BCUT2D eigenvalue weighted by Crippen LogP contribution is 2.35. The summed E-state index contributed by atoms with van der Waals surface area (Å²) in [6.07, 6.45) is 14.6. The van der Waals surface area contributed by atoms with Gasteiger partial charge < -0.3 is 5.32 Å². The maximum atomic E-state index is 3.55. The summed E-state index contributed by atoms with van der Waals surface area (Å²) in [5.74, 6) is 1.96. The molecule has 3 fully saturated rings. The van der Waals surface area contributed by atoms with E-state index in [9.17, 15) is 0 Å². The van der Waals surface area contributed by atoms with Crippen LogP contribution in [-0.4, -0.2) is 36.6 Å². The smallest absolute Gasteiger partial charge is 0.0127 e. The van der Waals surface area contributed by atoms with Gasteiger partial charge in [0.15, 0.2) is 0 Å². The number of hydrogen-bond donors (Lipinski definition) is 1. The Labute approximate surface area is 125 Å². The molecule has 1 N–H and O–H groups in total. The third kappa shape index (κ3) is 3.57. The van der Waals surface area contributed by atoms with Gasteiger partial charge in [-0.05, 0) is 82.8 Å². The molecular weight excluding hydrogens is 244 g/mol. The molecule has 3 aliphatic rings. The minimum atomic E-state index is 0.915. The van der Waals surface area contributed by atoms with Crippen LogP contribution in [0.25, 0.3) is 0 Å². The minimum absolute atomic E-state index is 0.915. The standard InChI is InChI=1S/C18H34N2/c1-15-6-8-17(9-7-15)20-14-4-2-3-5-18(20)16-10-12-19-13-11-16/h15-19H,2-14H2,1H3. The van der Waals surface area contributed by atoms with E-state index in [4.69, 9.17) is 0 Å². The summed E-state index contributed by atoms with van der Waals surface area (Å²) >= 11 is 0. The van der Waals surface area contributed by atoms with Crippen molar-refractivity contribution in [1.29, 1.82) is 0 Å². The van der Waals surface area contributed by atoms with E-state index in [-0.39, 0.29) is 0 Å². The Morgan fingerprint density at radius 2 is 1.55 bits per heavy atom. The molecule has 2 heteroatoms. The van der Waals surface area contributed by atoms with E-state index in [1.807, 2.05) is 0 Å². The number of hydrogen-bond acceptors (Lipinski definition) is 2. The minimum Gasteiger partial charge on any atom is -0.317 e. The van der Waals surface area contributed by atoms with Gasteiger partial charge in [0, 0.05) is 12.1 Å². The van der Waals surface area contributed by atoms with E-state index in [1.165, 1.54) is 83.8 Å². The van der Waals surface area contributed by atoms with Crippen LogP contribution in [0.3, 0.4) is 0 Å². The Kier molecular flexibility index (Phi) is 5.39. The molecule has 0 bridgehead atoms. The van der Waals surface area contributed by atoms with Crippen molar-refractivity contribution in [3.05, 3.63) is 0 Å². The third-order valence-corrected chi connectivity index (χ3v) is 6.22. The van der Waals surface area contributed by atoms with Crippen molar-refractivity contribution < 1.29 is 0 Å². The van der Waals surface area contributed by atoms with Gasteiger partial charge in [0.25, 0.3) is 0 Å². The van der Waals surface area contributed by atoms with Gasteiger partial charge in [-0.15, -0.1) is 0 Å². The monoisotopic (exact) mass is 278 g/mol. The lowest BCUT2D eigenvalue weighted by Crippen LogP contribution is -2.49. The lowest BCUT2D eigenvalue weighted by atomic mass is 9.82. The molecular formula is C18H34N2. The SMILES string of the molecule is CC1CCC(N2CCCCCC2C2CCNCC2)CC1. The molecule has 2 heterocycles. The van der Waals surface area contributed by atoms with E-state index >= 15 is 0 Å². The van der Waals surface area contributed by atoms with Gasteiger partial charge in [-0.1, -0.05) is 19.8 Å². The van der Waals surface area contributed by atoms with Crippen LogP contribution in [0, 0.1) is 11.8 Å². The van der Waals surface area contributed by atoms with Crippen LogP contribution in [0.15, 0.2) is 0 Å². The lowest BCUT2D eigenvalue weighted by molar-refractivity contribution is 0.0538. The Morgan fingerprint density at radius 3 is 2.30 bits per heavy atom. The molecule has 3 rings (SSSR count). The zero-order chi connectivity index (χ0) is 13.8. The number of piperidine rings is 1. The first kappa shape index (κ1) is 14.8. The Hall–Kier alpha value is -0.0800. The molecule has 0 aromatic heterocycles. The predicted molar refractivity (Wildman–Crippen MR) is 86.0 cm³/mol. The van der Waals surface area contributed by atoms with Gasteiger partial charge in [-0.2, -0.15) is 0 Å². The molecule has 20 heavy (non-hydrogen) atoms. The van der Waals surface area contributed by atoms with Gasteiger partial charge in [0.2, 0.25) is 0 Å². The highest BCUT2D eigenvalue weighted by Gasteiger charge is 2.34. The number of nitrogens with zero attached hydrogens (tertiary/aromatic N) is 1.